The Labute approximate surface area is 195 Å². The second kappa shape index (κ2) is 10.6. The van der Waals surface area contributed by atoms with E-state index in [9.17, 15) is 13.6 Å². The summed E-state index contributed by atoms with van der Waals surface area (Å²) in [6.45, 7) is 3.49. The first kappa shape index (κ1) is 24.4. The largest absolute Gasteiger partial charge is 0.372 e. The standard InChI is InChI=1S/C23H23F2N5O2S/c1-15(32-3)22(31)30-23(17-7-5-4-6-8-17,11-12-27-16(2)28-14-26)33-21(29-30)19-13-18(24)9-10-20(19)25/h4-10,13,15H,11-12H2,1-3H3,(H,27,28)/t15-,23?/m0/s1. The normalized spacial score (nSPS) is 19.1. The van der Waals surface area contributed by atoms with Gasteiger partial charge in [-0.25, -0.2) is 13.8 Å². The maximum Gasteiger partial charge on any atom is 0.273 e. The molecule has 0 saturated heterocycles. The second-order valence-corrected chi connectivity index (χ2v) is 8.53. The van der Waals surface area contributed by atoms with Gasteiger partial charge in [0.05, 0.1) is 0 Å². The third-order valence-corrected chi connectivity index (χ3v) is 6.57. The molecule has 7 nitrogen and oxygen atoms in total. The predicted molar refractivity (Wildman–Crippen MR) is 123 cm³/mol. The smallest absolute Gasteiger partial charge is 0.273 e. The van der Waals surface area contributed by atoms with Gasteiger partial charge < -0.3 is 4.74 Å². The minimum atomic E-state index is -1.09. The predicted octanol–water partition coefficient (Wildman–Crippen LogP) is 3.97. The molecule has 1 amide bonds. The van der Waals surface area contributed by atoms with Crippen molar-refractivity contribution in [2.45, 2.75) is 31.2 Å². The van der Waals surface area contributed by atoms with Crippen LogP contribution in [0.3, 0.4) is 0 Å². The van der Waals surface area contributed by atoms with Crippen LogP contribution in [0.1, 0.15) is 31.4 Å². The number of halogens is 2. The van der Waals surface area contributed by atoms with E-state index in [4.69, 9.17) is 10.00 Å². The Morgan fingerprint density at radius 3 is 2.73 bits per heavy atom. The van der Waals surface area contributed by atoms with E-state index < -0.39 is 28.5 Å². The van der Waals surface area contributed by atoms with Gasteiger partial charge in [0.2, 0.25) is 0 Å². The maximum absolute atomic E-state index is 14.6. The summed E-state index contributed by atoms with van der Waals surface area (Å²) >= 11 is 1.15. The molecule has 172 valence electrons. The minimum Gasteiger partial charge on any atom is -0.372 e. The van der Waals surface area contributed by atoms with Crippen LogP contribution in [0, 0.1) is 23.1 Å². The lowest BCUT2D eigenvalue weighted by molar-refractivity contribution is -0.144. The van der Waals surface area contributed by atoms with E-state index in [1.54, 1.807) is 13.8 Å². The Balaban J connectivity index is 2.12. The van der Waals surface area contributed by atoms with Gasteiger partial charge in [-0.05, 0) is 37.6 Å². The molecule has 2 aromatic rings. The number of rotatable bonds is 7. The molecule has 0 spiro atoms. The molecule has 10 heteroatoms. The lowest BCUT2D eigenvalue weighted by Gasteiger charge is -2.36. The van der Waals surface area contributed by atoms with Gasteiger partial charge in [-0.2, -0.15) is 10.4 Å². The zero-order valence-corrected chi connectivity index (χ0v) is 19.2. The average molecular weight is 472 g/mol. The number of thioether (sulfide) groups is 1. The molecule has 0 fully saturated rings. The third-order valence-electron chi connectivity index (χ3n) is 5.13. The topological polar surface area (TPSA) is 90.1 Å². The van der Waals surface area contributed by atoms with Gasteiger partial charge in [0.1, 0.15) is 33.5 Å². The molecule has 1 heterocycles. The van der Waals surface area contributed by atoms with Crippen molar-refractivity contribution in [1.29, 1.82) is 5.26 Å². The Hall–Kier alpha value is -3.29. The third kappa shape index (κ3) is 5.21. The van der Waals surface area contributed by atoms with Crippen LogP contribution in [0.5, 0.6) is 0 Å². The molecule has 33 heavy (non-hydrogen) atoms. The Morgan fingerprint density at radius 2 is 2.06 bits per heavy atom. The molecule has 1 aliphatic heterocycles. The summed E-state index contributed by atoms with van der Waals surface area (Å²) in [5, 5.41) is 17.2. The first-order valence-corrected chi connectivity index (χ1v) is 11.0. The van der Waals surface area contributed by atoms with Crippen molar-refractivity contribution in [3.63, 3.8) is 0 Å². The molecule has 2 atom stereocenters. The van der Waals surface area contributed by atoms with Crippen molar-refractivity contribution < 1.29 is 18.3 Å². The SMILES string of the molecule is CO[C@@H](C)C(=O)N1N=C(c2cc(F)ccc2F)SC1(CCN=C(C)NC#N)c1ccccc1. The van der Waals surface area contributed by atoms with Crippen molar-refractivity contribution in [2.75, 3.05) is 13.7 Å². The molecule has 0 radical (unpaired) electrons. The van der Waals surface area contributed by atoms with Crippen LogP contribution in [-0.4, -0.2) is 41.6 Å². The number of benzene rings is 2. The summed E-state index contributed by atoms with van der Waals surface area (Å²) in [5.41, 5.74) is 0.704. The Bertz CT molecular complexity index is 1120. The summed E-state index contributed by atoms with van der Waals surface area (Å²) in [7, 11) is 1.41. The van der Waals surface area contributed by atoms with Crippen LogP contribution in [0.25, 0.3) is 0 Å². The molecule has 1 N–H and O–H groups in total. The summed E-state index contributed by atoms with van der Waals surface area (Å²) in [6.07, 6.45) is 1.28. The summed E-state index contributed by atoms with van der Waals surface area (Å²) in [4.78, 5) is 16.6. The fourth-order valence-corrected chi connectivity index (χ4v) is 4.72. The van der Waals surface area contributed by atoms with Crippen molar-refractivity contribution in [3.8, 4) is 6.19 Å². The Kier molecular flexibility index (Phi) is 7.79. The number of methoxy groups -OCH3 is 1. The van der Waals surface area contributed by atoms with E-state index in [0.717, 1.165) is 35.5 Å². The van der Waals surface area contributed by atoms with Crippen LogP contribution < -0.4 is 5.32 Å². The summed E-state index contributed by atoms with van der Waals surface area (Å²) in [6, 6.07) is 12.3. The fraction of sp³-hybridized carbons (Fsp3) is 0.304. The number of ether oxygens (including phenoxy) is 1. The Morgan fingerprint density at radius 1 is 1.33 bits per heavy atom. The van der Waals surface area contributed by atoms with Gasteiger partial charge >= 0.3 is 0 Å². The van der Waals surface area contributed by atoms with Gasteiger partial charge in [0.15, 0.2) is 6.19 Å². The highest BCUT2D eigenvalue weighted by atomic mass is 32.2. The monoisotopic (exact) mass is 471 g/mol. The summed E-state index contributed by atoms with van der Waals surface area (Å²) in [5.74, 6) is -1.27. The number of hydrazone groups is 1. The first-order chi connectivity index (χ1) is 15.8. The number of aliphatic imine (C=N–C) groups is 1. The van der Waals surface area contributed by atoms with Gasteiger partial charge in [-0.15, -0.1) is 0 Å². The van der Waals surface area contributed by atoms with Gasteiger partial charge in [0, 0.05) is 25.6 Å². The molecule has 1 aliphatic rings. The number of nitrogens with zero attached hydrogens (tertiary/aromatic N) is 4. The number of hydrogen-bond acceptors (Lipinski definition) is 6. The van der Waals surface area contributed by atoms with Gasteiger partial charge in [-0.1, -0.05) is 42.1 Å². The van der Waals surface area contributed by atoms with E-state index >= 15 is 0 Å². The van der Waals surface area contributed by atoms with E-state index in [2.05, 4.69) is 15.4 Å². The molecule has 0 saturated carbocycles. The van der Waals surface area contributed by atoms with Gasteiger partial charge in [0.25, 0.3) is 5.91 Å². The first-order valence-electron chi connectivity index (χ1n) is 10.1. The fourth-order valence-electron chi connectivity index (χ4n) is 3.34. The van der Waals surface area contributed by atoms with Crippen LogP contribution >= 0.6 is 11.8 Å². The summed E-state index contributed by atoms with van der Waals surface area (Å²) < 4.78 is 33.8. The zero-order valence-electron chi connectivity index (χ0n) is 18.4. The number of amidine groups is 1. The van der Waals surface area contributed by atoms with E-state index in [1.807, 2.05) is 36.5 Å². The minimum absolute atomic E-state index is 0.0356. The van der Waals surface area contributed by atoms with E-state index in [1.165, 1.54) is 12.1 Å². The molecule has 2 aromatic carbocycles. The average Bonchev–Trinajstić information content (AvgIpc) is 3.20. The lowest BCUT2D eigenvalue weighted by Crippen LogP contribution is -2.46. The second-order valence-electron chi connectivity index (χ2n) is 7.26. The van der Waals surface area contributed by atoms with Crippen molar-refractivity contribution in [1.82, 2.24) is 10.3 Å². The number of nitriles is 1. The molecule has 0 aromatic heterocycles. The maximum atomic E-state index is 14.6. The van der Waals surface area contributed by atoms with Crippen molar-refractivity contribution in [2.24, 2.45) is 10.1 Å². The van der Waals surface area contributed by atoms with E-state index in [0.29, 0.717) is 5.84 Å². The number of nitrogens with one attached hydrogen (secondary N) is 1. The number of carbonyl (C=O) groups excluding carboxylic acids is 1. The van der Waals surface area contributed by atoms with Crippen molar-refractivity contribution in [3.05, 3.63) is 71.3 Å². The van der Waals surface area contributed by atoms with Crippen LogP contribution in [0.4, 0.5) is 8.78 Å². The van der Waals surface area contributed by atoms with Crippen LogP contribution in [0.15, 0.2) is 58.6 Å². The molecular formula is C23H23F2N5O2S. The number of hydrogen-bond donors (Lipinski definition) is 1. The lowest BCUT2D eigenvalue weighted by atomic mass is 10.0. The van der Waals surface area contributed by atoms with Crippen LogP contribution in [0.2, 0.25) is 0 Å². The highest BCUT2D eigenvalue weighted by Crippen LogP contribution is 2.50. The number of amides is 1. The molecule has 1 unspecified atom stereocenters. The highest BCUT2D eigenvalue weighted by Gasteiger charge is 2.49. The van der Waals surface area contributed by atoms with Crippen LogP contribution in [-0.2, 0) is 14.4 Å². The molecule has 0 bridgehead atoms. The van der Waals surface area contributed by atoms with Gasteiger partial charge in [-0.3, -0.25) is 15.1 Å². The zero-order chi connectivity index (χ0) is 24.0. The highest BCUT2D eigenvalue weighted by molar-refractivity contribution is 8.15. The number of carbonyl (C=O) groups is 1. The molecule has 0 aliphatic carbocycles. The molecular weight excluding hydrogens is 448 g/mol. The van der Waals surface area contributed by atoms with Crippen molar-refractivity contribution >= 4 is 28.5 Å². The quantitative estimate of drug-likeness (QED) is 0.286. The van der Waals surface area contributed by atoms with E-state index in [-0.39, 0.29) is 23.6 Å². The molecule has 3 rings (SSSR count).